The Bertz CT molecular complexity index is 2580. The van der Waals surface area contributed by atoms with Gasteiger partial charge in [-0.25, -0.2) is 0 Å². The van der Waals surface area contributed by atoms with Crippen LogP contribution in [-0.2, 0) is 67.6 Å². The summed E-state index contributed by atoms with van der Waals surface area (Å²) in [5.41, 5.74) is 11.3. The zero-order chi connectivity index (χ0) is 43.5. The van der Waals surface area contributed by atoms with Gasteiger partial charge in [-0.3, -0.25) is 19.2 Å². The molecule has 1 saturated heterocycles. The predicted molar refractivity (Wildman–Crippen MR) is 241 cm³/mol. The zero-order valence-corrected chi connectivity index (χ0v) is 37.7. The summed E-state index contributed by atoms with van der Waals surface area (Å²) in [6.07, 6.45) is 0.833. The summed E-state index contributed by atoms with van der Waals surface area (Å²) in [4.78, 5) is 5.22. The Morgan fingerprint density at radius 1 is 0.672 bits per heavy atom. The molecule has 0 spiro atoms. The highest BCUT2D eigenvalue weighted by Gasteiger charge is 2.26. The molecular formula is C46H56N8O5S2. The normalized spacial score (nSPS) is 15.4. The van der Waals surface area contributed by atoms with Crippen LogP contribution in [0.4, 0.5) is 11.4 Å². The second-order valence-electron chi connectivity index (χ2n) is 15.8. The Balaban J connectivity index is 1.05. The Labute approximate surface area is 361 Å². The molecule has 61 heavy (non-hydrogen) atoms. The monoisotopic (exact) mass is 864 g/mol. The van der Waals surface area contributed by atoms with Crippen LogP contribution in [0.1, 0.15) is 46.4 Å². The van der Waals surface area contributed by atoms with E-state index in [1.807, 2.05) is 50.2 Å². The Morgan fingerprint density at radius 2 is 1.18 bits per heavy atom. The van der Waals surface area contributed by atoms with Gasteiger partial charge in [-0.2, -0.15) is 19.6 Å². The van der Waals surface area contributed by atoms with Gasteiger partial charge in [0.25, 0.3) is 0 Å². The maximum atomic E-state index is 13.4. The first-order valence-electron chi connectivity index (χ1n) is 20.6. The second kappa shape index (κ2) is 18.5. The fourth-order valence-electron chi connectivity index (χ4n) is 7.81. The van der Waals surface area contributed by atoms with Gasteiger partial charge in [-0.15, -0.1) is 0 Å². The number of benzene rings is 4. The summed E-state index contributed by atoms with van der Waals surface area (Å²) in [6.45, 7) is 15.9. The maximum absolute atomic E-state index is 13.4. The minimum Gasteiger partial charge on any atom is -0.588 e. The number of hydrogen-bond donors (Lipinski definition) is 2. The Hall–Kier alpha value is -5.00. The standard InChI is InChI=1S/C46H56N8O5S2/c1-8-53(30-37-10-9-11-41(28-37)39-12-16-43(17-13-39)60(55,56)49-45-32(2)47-51(6)34(45)4)21-20-36-26-38(31-54-22-24-59-25-23-54)29-42(27-36)40-14-18-44(19-15-40)61(57,58)50-46-33(3)48-52(7)35(46)5/h9-19,26-29H,8,20-25,30-31H2,1-7H3,(H2-2,49,50,55,56,57,58). The van der Waals surface area contributed by atoms with Gasteiger partial charge >= 0.3 is 0 Å². The van der Waals surface area contributed by atoms with E-state index in [0.717, 1.165) is 92.5 Å². The van der Waals surface area contributed by atoms with Crippen LogP contribution in [0.5, 0.6) is 0 Å². The van der Waals surface area contributed by atoms with Crippen LogP contribution in [0.3, 0.4) is 0 Å². The third-order valence-corrected chi connectivity index (χ3v) is 14.3. The van der Waals surface area contributed by atoms with Crippen LogP contribution < -0.4 is 9.44 Å². The molecule has 0 bridgehead atoms. The molecule has 0 amide bonds. The van der Waals surface area contributed by atoms with E-state index in [1.54, 1.807) is 61.6 Å². The van der Waals surface area contributed by atoms with Gasteiger partial charge in [-0.05, 0) is 140 Å². The molecule has 7 rings (SSSR count). The fourth-order valence-corrected chi connectivity index (χ4v) is 10.2. The summed E-state index contributed by atoms with van der Waals surface area (Å²) in [5, 5.41) is 8.67. The lowest BCUT2D eigenvalue weighted by atomic mass is 9.97. The molecule has 13 nitrogen and oxygen atoms in total. The number of nitrogens with one attached hydrogen (secondary N) is 2. The van der Waals surface area contributed by atoms with Crippen molar-refractivity contribution in [3.8, 4) is 22.3 Å². The number of aromatic nitrogens is 4. The molecule has 2 unspecified atom stereocenters. The van der Waals surface area contributed by atoms with Crippen LogP contribution >= 0.6 is 0 Å². The van der Waals surface area contributed by atoms with Crippen molar-refractivity contribution in [2.75, 3.05) is 48.8 Å². The predicted octanol–water partition coefficient (Wildman–Crippen LogP) is 7.65. The molecule has 0 saturated carbocycles. The largest absolute Gasteiger partial charge is 0.588 e. The van der Waals surface area contributed by atoms with Gasteiger partial charge < -0.3 is 13.8 Å². The summed E-state index contributed by atoms with van der Waals surface area (Å²) in [6, 6.07) is 29.2. The summed E-state index contributed by atoms with van der Waals surface area (Å²) < 4.78 is 67.8. The maximum Gasteiger partial charge on any atom is 0.180 e. The van der Waals surface area contributed by atoms with Crippen molar-refractivity contribution < 1.29 is 22.3 Å². The molecule has 6 aromatic rings. The van der Waals surface area contributed by atoms with E-state index < -0.39 is 20.8 Å². The minimum absolute atomic E-state index is 0.188. The van der Waals surface area contributed by atoms with Gasteiger partial charge in [0.15, 0.2) is 30.6 Å². The molecule has 1 aliphatic heterocycles. The number of ether oxygens (including phenoxy) is 1. The SMILES string of the molecule is CCN(CCc1cc(CN2CCOCC2)cc(-c2ccc([S+](=O)([O-])Nc3c(C)nn(C)c3C)cc2)c1)Cc1cccc(-c2ccc([S+](=O)([O-])Nc3c(C)nn(C)c3C)cc2)c1. The lowest BCUT2D eigenvalue weighted by Crippen LogP contribution is -2.35. The molecule has 0 aliphatic carbocycles. The van der Waals surface area contributed by atoms with Gasteiger partial charge in [0, 0.05) is 46.8 Å². The van der Waals surface area contributed by atoms with Crippen LogP contribution in [0.25, 0.3) is 22.3 Å². The number of anilines is 2. The topological polar surface area (TPSA) is 156 Å². The molecule has 15 heteroatoms. The summed E-state index contributed by atoms with van der Waals surface area (Å²) in [5.74, 6) is 0. The van der Waals surface area contributed by atoms with E-state index in [9.17, 15) is 17.5 Å². The zero-order valence-electron chi connectivity index (χ0n) is 36.1. The van der Waals surface area contributed by atoms with E-state index in [4.69, 9.17) is 4.74 Å². The molecule has 1 aliphatic rings. The van der Waals surface area contributed by atoms with Crippen molar-refractivity contribution in [3.05, 3.63) is 130 Å². The summed E-state index contributed by atoms with van der Waals surface area (Å²) >= 11 is 0. The molecule has 322 valence electrons. The van der Waals surface area contributed by atoms with Gasteiger partial charge in [0.2, 0.25) is 0 Å². The van der Waals surface area contributed by atoms with Crippen molar-refractivity contribution >= 4 is 32.2 Å². The highest BCUT2D eigenvalue weighted by atomic mass is 32.3. The van der Waals surface area contributed by atoms with Crippen molar-refractivity contribution in [2.24, 2.45) is 14.1 Å². The molecular weight excluding hydrogens is 809 g/mol. The quantitative estimate of drug-likeness (QED) is 0.0934. The van der Waals surface area contributed by atoms with Crippen LogP contribution in [0.15, 0.2) is 101 Å². The van der Waals surface area contributed by atoms with E-state index in [2.05, 4.69) is 66.7 Å². The average molecular weight is 865 g/mol. The number of likely N-dealkylation sites (N-methyl/N-ethyl adjacent to an activating group) is 1. The van der Waals surface area contributed by atoms with Crippen LogP contribution in [0, 0.1) is 27.7 Å². The molecule has 1 fully saturated rings. The Morgan fingerprint density at radius 3 is 1.69 bits per heavy atom. The van der Waals surface area contributed by atoms with E-state index >= 15 is 0 Å². The number of sulfonamides is 2. The number of hydrogen-bond acceptors (Lipinski definition) is 9. The fraction of sp³-hybridized carbons (Fsp3) is 0.348. The summed E-state index contributed by atoms with van der Waals surface area (Å²) in [7, 11) is -4.03. The van der Waals surface area contributed by atoms with Gasteiger partial charge in [-0.1, -0.05) is 45.7 Å². The smallest absolute Gasteiger partial charge is 0.180 e. The lowest BCUT2D eigenvalue weighted by Gasteiger charge is -2.27. The number of rotatable bonds is 16. The molecule has 0 radical (unpaired) electrons. The molecule has 2 atom stereocenters. The van der Waals surface area contributed by atoms with Crippen LogP contribution in [0.2, 0.25) is 0 Å². The van der Waals surface area contributed by atoms with Gasteiger partial charge in [0.05, 0.1) is 36.0 Å². The highest BCUT2D eigenvalue weighted by molar-refractivity contribution is 7.99. The third-order valence-electron chi connectivity index (χ3n) is 11.5. The Kier molecular flexibility index (Phi) is 13.4. The van der Waals surface area contributed by atoms with Crippen molar-refractivity contribution in [3.63, 3.8) is 0 Å². The minimum atomic E-state index is -3.82. The van der Waals surface area contributed by atoms with Crippen molar-refractivity contribution in [1.29, 1.82) is 0 Å². The van der Waals surface area contributed by atoms with Crippen molar-refractivity contribution in [2.45, 2.75) is 63.9 Å². The van der Waals surface area contributed by atoms with E-state index in [1.165, 1.54) is 16.7 Å². The molecule has 4 aromatic carbocycles. The lowest BCUT2D eigenvalue weighted by molar-refractivity contribution is 0.0342. The molecule has 3 heterocycles. The van der Waals surface area contributed by atoms with Crippen molar-refractivity contribution in [1.82, 2.24) is 29.4 Å². The second-order valence-corrected chi connectivity index (χ2v) is 19.2. The first kappa shape index (κ1) is 44.1. The number of nitrogens with zero attached hydrogens (tertiary/aromatic N) is 6. The van der Waals surface area contributed by atoms with E-state index in [0.29, 0.717) is 22.8 Å². The molecule has 2 N–H and O–H groups in total. The first-order chi connectivity index (χ1) is 29.1. The van der Waals surface area contributed by atoms with Crippen LogP contribution in [-0.4, -0.2) is 77.9 Å². The molecule has 2 aromatic heterocycles. The van der Waals surface area contributed by atoms with Gasteiger partial charge in [0.1, 0.15) is 11.4 Å². The number of aryl methyl sites for hydroxylation is 4. The first-order valence-corrected chi connectivity index (χ1v) is 23.6. The van der Waals surface area contributed by atoms with E-state index in [-0.39, 0.29) is 9.79 Å². The third kappa shape index (κ3) is 10.4. The average Bonchev–Trinajstić information content (AvgIpc) is 3.63. The number of morpholine rings is 1. The highest BCUT2D eigenvalue weighted by Crippen LogP contribution is 2.31.